The molecule has 2 heterocycles. The van der Waals surface area contributed by atoms with Gasteiger partial charge in [0.15, 0.2) is 14.0 Å². The maximum absolute atomic E-state index is 12.7. The summed E-state index contributed by atoms with van der Waals surface area (Å²) in [6, 6.07) is 8.90. The van der Waals surface area contributed by atoms with Crippen LogP contribution in [0.3, 0.4) is 0 Å². The second-order valence-corrected chi connectivity index (χ2v) is 14.3. The van der Waals surface area contributed by atoms with Gasteiger partial charge in [-0.2, -0.15) is 0 Å². The van der Waals surface area contributed by atoms with Crippen LogP contribution < -0.4 is 11.2 Å². The smallest absolute Gasteiger partial charge is 0.334 e. The van der Waals surface area contributed by atoms with E-state index in [1.54, 1.807) is 0 Å². The number of H-pyrrole nitrogens is 1. The first kappa shape index (κ1) is 22.7. The average Bonchev–Trinajstić information content (AvgIpc) is 2.63. The van der Waals surface area contributed by atoms with E-state index >= 15 is 0 Å². The zero-order valence-electron chi connectivity index (χ0n) is 17.7. The molecule has 1 N–H and O–H groups in total. The molecule has 0 aliphatic rings. The van der Waals surface area contributed by atoms with E-state index in [0.29, 0.717) is 18.7 Å². The summed E-state index contributed by atoms with van der Waals surface area (Å²) in [6.07, 6.45) is 0.608. The molecule has 2 aromatic heterocycles. The van der Waals surface area contributed by atoms with Gasteiger partial charge in [-0.05, 0) is 42.2 Å². The zero-order chi connectivity index (χ0) is 22.3. The maximum Gasteiger partial charge on any atom is 0.334 e. The fraction of sp³-hybridized carbons (Fsp3) is 0.381. The van der Waals surface area contributed by atoms with Gasteiger partial charge in [-0.15, -0.1) is 0 Å². The summed E-state index contributed by atoms with van der Waals surface area (Å²) < 4.78 is 7.66. The second-order valence-electron chi connectivity index (χ2n) is 8.71. The average molecular weight is 466 g/mol. The van der Waals surface area contributed by atoms with Crippen LogP contribution in [0.1, 0.15) is 26.3 Å². The number of aromatic amines is 1. The molecule has 0 unspecified atom stereocenters. The largest absolute Gasteiger partial charge is 0.416 e. The Morgan fingerprint density at radius 1 is 1.17 bits per heavy atom. The summed E-state index contributed by atoms with van der Waals surface area (Å²) in [5, 5.41) is 0.479. The molecule has 0 bridgehead atoms. The fourth-order valence-corrected chi connectivity index (χ4v) is 4.24. The van der Waals surface area contributed by atoms with Crippen LogP contribution in [0.25, 0.3) is 16.7 Å². The lowest BCUT2D eigenvalue weighted by Gasteiger charge is -2.36. The van der Waals surface area contributed by atoms with Crippen molar-refractivity contribution in [3.05, 3.63) is 66.9 Å². The van der Waals surface area contributed by atoms with Gasteiger partial charge in [0, 0.05) is 6.61 Å². The SMILES string of the molecule is CC(C)(C)[Si](C)(C)OCCc1ccccc1-n1c(=O)[nH]c(=O)c2cc(Cl)c(Cl)nc21. The standard InChI is InChI=1S/C21H25Cl2N3O3Si/c1-21(2,3)30(4,5)29-11-10-13-8-6-7-9-16(13)26-18-14(19(27)25-20(26)28)12-15(22)17(23)24-18/h6-9,12H,10-11H2,1-5H3,(H,25,27,28). The molecule has 0 fully saturated rings. The van der Waals surface area contributed by atoms with Crippen LogP contribution in [-0.4, -0.2) is 29.5 Å². The van der Waals surface area contributed by atoms with Crippen molar-refractivity contribution in [2.45, 2.75) is 45.3 Å². The van der Waals surface area contributed by atoms with E-state index in [1.807, 2.05) is 24.3 Å². The minimum absolute atomic E-state index is 0.0293. The van der Waals surface area contributed by atoms with Crippen LogP contribution >= 0.6 is 23.2 Å². The van der Waals surface area contributed by atoms with Crippen molar-refractivity contribution in [1.29, 1.82) is 0 Å². The predicted octanol–water partition coefficient (Wildman–Crippen LogP) is 4.95. The Labute approximate surface area is 186 Å². The van der Waals surface area contributed by atoms with Gasteiger partial charge in [0.05, 0.1) is 16.1 Å². The predicted molar refractivity (Wildman–Crippen MR) is 125 cm³/mol. The number of aromatic nitrogens is 3. The van der Waals surface area contributed by atoms with Crippen LogP contribution in [0.2, 0.25) is 28.3 Å². The highest BCUT2D eigenvalue weighted by Gasteiger charge is 2.36. The van der Waals surface area contributed by atoms with E-state index in [0.717, 1.165) is 5.56 Å². The Bertz CT molecular complexity index is 1210. The number of para-hydroxylation sites is 1. The zero-order valence-corrected chi connectivity index (χ0v) is 20.2. The normalized spacial score (nSPS) is 12.5. The Kier molecular flexibility index (Phi) is 6.29. The molecule has 0 saturated heterocycles. The van der Waals surface area contributed by atoms with Gasteiger partial charge in [0.25, 0.3) is 5.56 Å². The van der Waals surface area contributed by atoms with E-state index in [9.17, 15) is 9.59 Å². The first-order chi connectivity index (χ1) is 13.9. The molecule has 0 radical (unpaired) electrons. The maximum atomic E-state index is 12.7. The lowest BCUT2D eigenvalue weighted by Crippen LogP contribution is -2.41. The van der Waals surface area contributed by atoms with E-state index in [2.05, 4.69) is 43.8 Å². The monoisotopic (exact) mass is 465 g/mol. The first-order valence-electron chi connectivity index (χ1n) is 9.66. The summed E-state index contributed by atoms with van der Waals surface area (Å²) in [5.74, 6) is 0. The van der Waals surface area contributed by atoms with Crippen molar-refractivity contribution in [2.75, 3.05) is 6.61 Å². The summed E-state index contributed by atoms with van der Waals surface area (Å²) in [6.45, 7) is 11.5. The molecule has 0 spiro atoms. The molecular weight excluding hydrogens is 441 g/mol. The van der Waals surface area contributed by atoms with E-state index < -0.39 is 19.6 Å². The van der Waals surface area contributed by atoms with Gasteiger partial charge in [0.2, 0.25) is 0 Å². The highest BCUT2D eigenvalue weighted by atomic mass is 35.5. The van der Waals surface area contributed by atoms with Crippen molar-refractivity contribution >= 4 is 42.6 Å². The summed E-state index contributed by atoms with van der Waals surface area (Å²) >= 11 is 12.1. The molecule has 0 saturated carbocycles. The van der Waals surface area contributed by atoms with Crippen LogP contribution in [0.4, 0.5) is 0 Å². The summed E-state index contributed by atoms with van der Waals surface area (Å²) in [7, 11) is -1.89. The number of hydrogen-bond acceptors (Lipinski definition) is 4. The number of halogens is 2. The van der Waals surface area contributed by atoms with Crippen LogP contribution in [0.15, 0.2) is 39.9 Å². The minimum Gasteiger partial charge on any atom is -0.416 e. The molecule has 0 aliphatic carbocycles. The molecule has 3 rings (SSSR count). The third-order valence-electron chi connectivity index (χ3n) is 5.67. The molecule has 0 atom stereocenters. The molecule has 0 amide bonds. The Balaban J connectivity index is 2.07. The number of nitrogens with one attached hydrogen (secondary N) is 1. The van der Waals surface area contributed by atoms with Crippen molar-refractivity contribution in [2.24, 2.45) is 0 Å². The molecule has 6 nitrogen and oxygen atoms in total. The van der Waals surface area contributed by atoms with Crippen LogP contribution in [0, 0.1) is 0 Å². The van der Waals surface area contributed by atoms with Gasteiger partial charge in [-0.25, -0.2) is 14.3 Å². The quantitative estimate of drug-likeness (QED) is 0.427. The third kappa shape index (κ3) is 4.39. The molecule has 3 aromatic rings. The number of rotatable bonds is 5. The van der Waals surface area contributed by atoms with Gasteiger partial charge in [-0.3, -0.25) is 9.78 Å². The highest BCUT2D eigenvalue weighted by molar-refractivity contribution is 6.74. The van der Waals surface area contributed by atoms with Gasteiger partial charge in [0.1, 0.15) is 5.15 Å². The Morgan fingerprint density at radius 2 is 1.83 bits per heavy atom. The highest BCUT2D eigenvalue weighted by Crippen LogP contribution is 2.36. The van der Waals surface area contributed by atoms with E-state index in [1.165, 1.54) is 10.6 Å². The Hall–Kier alpha value is -1.93. The number of nitrogens with zero attached hydrogens (tertiary/aromatic N) is 2. The van der Waals surface area contributed by atoms with Crippen molar-refractivity contribution in [1.82, 2.24) is 14.5 Å². The molecule has 1 aromatic carbocycles. The van der Waals surface area contributed by atoms with Gasteiger partial charge in [-0.1, -0.05) is 62.2 Å². The lowest BCUT2D eigenvalue weighted by molar-refractivity contribution is 0.292. The molecular formula is C21H25Cl2N3O3Si. The molecule has 9 heteroatoms. The first-order valence-corrected chi connectivity index (χ1v) is 13.3. The summed E-state index contributed by atoms with van der Waals surface area (Å²) in [4.78, 5) is 31.6. The minimum atomic E-state index is -1.89. The van der Waals surface area contributed by atoms with E-state index in [-0.39, 0.29) is 26.2 Å². The van der Waals surface area contributed by atoms with Crippen LogP contribution in [-0.2, 0) is 10.8 Å². The van der Waals surface area contributed by atoms with Gasteiger partial charge < -0.3 is 4.43 Å². The number of pyridine rings is 1. The van der Waals surface area contributed by atoms with Crippen LogP contribution in [0.5, 0.6) is 0 Å². The fourth-order valence-electron chi connectivity index (χ4n) is 2.91. The summed E-state index contributed by atoms with van der Waals surface area (Å²) in [5.41, 5.74) is 0.538. The lowest BCUT2D eigenvalue weighted by atomic mass is 10.1. The third-order valence-corrected chi connectivity index (χ3v) is 10.9. The van der Waals surface area contributed by atoms with Crippen molar-refractivity contribution < 1.29 is 4.43 Å². The van der Waals surface area contributed by atoms with Gasteiger partial charge >= 0.3 is 5.69 Å². The molecule has 0 aliphatic heterocycles. The topological polar surface area (TPSA) is 77.0 Å². The second kappa shape index (κ2) is 8.30. The van der Waals surface area contributed by atoms with E-state index in [4.69, 9.17) is 27.6 Å². The Morgan fingerprint density at radius 3 is 2.50 bits per heavy atom. The number of benzene rings is 1. The van der Waals surface area contributed by atoms with Crippen molar-refractivity contribution in [3.63, 3.8) is 0 Å². The molecule has 30 heavy (non-hydrogen) atoms. The molecule has 160 valence electrons. The number of fused-ring (bicyclic) bond motifs is 1. The number of hydrogen-bond donors (Lipinski definition) is 1. The van der Waals surface area contributed by atoms with Crippen molar-refractivity contribution in [3.8, 4) is 5.69 Å².